The largest absolute Gasteiger partial charge is 0.508 e. The van der Waals surface area contributed by atoms with Crippen LogP contribution in [0.2, 0.25) is 0 Å². The minimum absolute atomic E-state index is 0.158. The van der Waals surface area contributed by atoms with Crippen LogP contribution in [0.1, 0.15) is 25.3 Å². The van der Waals surface area contributed by atoms with Gasteiger partial charge in [0.1, 0.15) is 11.6 Å². The van der Waals surface area contributed by atoms with E-state index >= 15 is 0 Å². The first-order valence-electron chi connectivity index (χ1n) is 6.53. The lowest BCUT2D eigenvalue weighted by molar-refractivity contribution is 0.0981. The number of aromatic hydroxyl groups is 1. The Bertz CT molecular complexity index is 411. The molecule has 18 heavy (non-hydrogen) atoms. The Balaban J connectivity index is 2.14. The Morgan fingerprint density at radius 1 is 1.50 bits per heavy atom. The highest BCUT2D eigenvalue weighted by molar-refractivity contribution is 5.32. The Labute approximate surface area is 107 Å². The molecule has 2 unspecified atom stereocenters. The van der Waals surface area contributed by atoms with Gasteiger partial charge >= 0.3 is 0 Å². The summed E-state index contributed by atoms with van der Waals surface area (Å²) in [6, 6.07) is 4.41. The van der Waals surface area contributed by atoms with Gasteiger partial charge in [-0.2, -0.15) is 0 Å². The molecule has 0 saturated carbocycles. The van der Waals surface area contributed by atoms with Crippen molar-refractivity contribution in [2.45, 2.75) is 32.4 Å². The predicted molar refractivity (Wildman–Crippen MR) is 69.7 cm³/mol. The van der Waals surface area contributed by atoms with Gasteiger partial charge in [-0.15, -0.1) is 0 Å². The fourth-order valence-electron chi connectivity index (χ4n) is 2.81. The van der Waals surface area contributed by atoms with Gasteiger partial charge in [0.2, 0.25) is 0 Å². The van der Waals surface area contributed by atoms with Crippen molar-refractivity contribution in [3.05, 3.63) is 29.6 Å². The van der Waals surface area contributed by atoms with Gasteiger partial charge < -0.3 is 10.8 Å². The first-order valence-corrected chi connectivity index (χ1v) is 6.53. The van der Waals surface area contributed by atoms with Crippen LogP contribution in [-0.4, -0.2) is 29.1 Å². The first-order chi connectivity index (χ1) is 8.61. The molecule has 0 aliphatic carbocycles. The number of phenols is 1. The number of halogens is 1. The molecule has 3 nitrogen and oxygen atoms in total. The standard InChI is InChI=1S/C14H21FN2O/c1-10-3-2-6-17(13(10)8-16)9-11-7-12(15)4-5-14(11)18/h4-5,7,10,13,18H,2-3,6,8-9,16H2,1H3. The van der Waals surface area contributed by atoms with E-state index in [1.807, 2.05) is 0 Å². The number of nitrogens with two attached hydrogens (primary N) is 1. The van der Waals surface area contributed by atoms with Crippen LogP contribution in [0.25, 0.3) is 0 Å². The molecule has 1 aliphatic heterocycles. The Morgan fingerprint density at radius 2 is 2.28 bits per heavy atom. The van der Waals surface area contributed by atoms with Crippen molar-refractivity contribution in [2.75, 3.05) is 13.1 Å². The fraction of sp³-hybridized carbons (Fsp3) is 0.571. The number of benzene rings is 1. The smallest absolute Gasteiger partial charge is 0.123 e. The highest BCUT2D eigenvalue weighted by Crippen LogP contribution is 2.27. The van der Waals surface area contributed by atoms with Gasteiger partial charge in [0.25, 0.3) is 0 Å². The molecule has 1 aromatic carbocycles. The average molecular weight is 252 g/mol. The summed E-state index contributed by atoms with van der Waals surface area (Å²) < 4.78 is 13.2. The molecule has 1 heterocycles. The molecule has 1 fully saturated rings. The van der Waals surface area contributed by atoms with Gasteiger partial charge in [-0.05, 0) is 43.5 Å². The topological polar surface area (TPSA) is 49.5 Å². The van der Waals surface area contributed by atoms with E-state index in [2.05, 4.69) is 11.8 Å². The second kappa shape index (κ2) is 5.67. The van der Waals surface area contributed by atoms with Crippen molar-refractivity contribution in [1.29, 1.82) is 0 Å². The molecule has 3 N–H and O–H groups in total. The van der Waals surface area contributed by atoms with E-state index in [-0.39, 0.29) is 11.6 Å². The number of nitrogens with zero attached hydrogens (tertiary/aromatic N) is 1. The maximum atomic E-state index is 13.2. The average Bonchev–Trinajstić information content (AvgIpc) is 2.34. The highest BCUT2D eigenvalue weighted by atomic mass is 19.1. The summed E-state index contributed by atoms with van der Waals surface area (Å²) in [6.07, 6.45) is 2.32. The van der Waals surface area contributed by atoms with Crippen LogP contribution in [0.4, 0.5) is 4.39 Å². The molecule has 1 saturated heterocycles. The lowest BCUT2D eigenvalue weighted by Gasteiger charge is -2.39. The van der Waals surface area contributed by atoms with Gasteiger partial charge in [-0.3, -0.25) is 4.90 Å². The summed E-state index contributed by atoms with van der Waals surface area (Å²) in [6.45, 7) is 4.34. The van der Waals surface area contributed by atoms with Crippen LogP contribution in [0.3, 0.4) is 0 Å². The number of hydrogen-bond acceptors (Lipinski definition) is 3. The first kappa shape index (κ1) is 13.3. The van der Waals surface area contributed by atoms with Crippen LogP contribution < -0.4 is 5.73 Å². The quantitative estimate of drug-likeness (QED) is 0.866. The molecular weight excluding hydrogens is 231 g/mol. The van der Waals surface area contributed by atoms with Crippen molar-refractivity contribution in [3.8, 4) is 5.75 Å². The molecule has 0 bridgehead atoms. The molecule has 0 amide bonds. The van der Waals surface area contributed by atoms with E-state index in [0.29, 0.717) is 30.6 Å². The number of piperidine rings is 1. The molecule has 0 radical (unpaired) electrons. The zero-order chi connectivity index (χ0) is 13.1. The predicted octanol–water partition coefficient (Wildman–Crippen LogP) is 2.09. The molecule has 2 rings (SSSR count). The SMILES string of the molecule is CC1CCCN(Cc2cc(F)ccc2O)C1CN. The molecule has 100 valence electrons. The number of phenolic OH excluding ortho intramolecular Hbond substituents is 1. The van der Waals surface area contributed by atoms with Crippen molar-refractivity contribution in [3.63, 3.8) is 0 Å². The summed E-state index contributed by atoms with van der Waals surface area (Å²) >= 11 is 0. The molecule has 0 spiro atoms. The van der Waals surface area contributed by atoms with E-state index in [1.54, 1.807) is 0 Å². The van der Waals surface area contributed by atoms with Crippen LogP contribution in [0, 0.1) is 11.7 Å². The molecule has 1 aromatic rings. The zero-order valence-electron chi connectivity index (χ0n) is 10.8. The van der Waals surface area contributed by atoms with Crippen LogP contribution >= 0.6 is 0 Å². The second-order valence-corrected chi connectivity index (χ2v) is 5.17. The lowest BCUT2D eigenvalue weighted by Crippen LogP contribution is -2.48. The summed E-state index contributed by atoms with van der Waals surface area (Å²) in [5.74, 6) is 0.405. The number of rotatable bonds is 3. The van der Waals surface area contributed by atoms with Gasteiger partial charge in [0.15, 0.2) is 0 Å². The molecule has 2 atom stereocenters. The summed E-state index contributed by atoms with van der Waals surface area (Å²) in [5.41, 5.74) is 6.47. The number of hydrogen-bond donors (Lipinski definition) is 2. The van der Waals surface area contributed by atoms with Crippen LogP contribution in [-0.2, 0) is 6.54 Å². The summed E-state index contributed by atoms with van der Waals surface area (Å²) in [4.78, 5) is 2.25. The maximum absolute atomic E-state index is 13.2. The van der Waals surface area contributed by atoms with Crippen molar-refractivity contribution >= 4 is 0 Å². The molecule has 4 heteroatoms. The van der Waals surface area contributed by atoms with Crippen LogP contribution in [0.15, 0.2) is 18.2 Å². The van der Waals surface area contributed by atoms with Gasteiger partial charge in [-0.1, -0.05) is 6.92 Å². The van der Waals surface area contributed by atoms with E-state index in [4.69, 9.17) is 5.73 Å². The van der Waals surface area contributed by atoms with E-state index in [9.17, 15) is 9.50 Å². The maximum Gasteiger partial charge on any atom is 0.123 e. The van der Waals surface area contributed by atoms with Crippen molar-refractivity contribution in [1.82, 2.24) is 4.90 Å². The fourth-order valence-corrected chi connectivity index (χ4v) is 2.81. The Hall–Kier alpha value is -1.13. The lowest BCUT2D eigenvalue weighted by atomic mass is 9.90. The monoisotopic (exact) mass is 252 g/mol. The normalized spacial score (nSPS) is 25.3. The van der Waals surface area contributed by atoms with E-state index in [0.717, 1.165) is 13.0 Å². The molecule has 1 aliphatic rings. The second-order valence-electron chi connectivity index (χ2n) is 5.17. The third-order valence-electron chi connectivity index (χ3n) is 3.89. The highest BCUT2D eigenvalue weighted by Gasteiger charge is 2.27. The minimum atomic E-state index is -0.308. The van der Waals surface area contributed by atoms with Gasteiger partial charge in [-0.25, -0.2) is 4.39 Å². The van der Waals surface area contributed by atoms with Gasteiger partial charge in [0.05, 0.1) is 0 Å². The van der Waals surface area contributed by atoms with Crippen LogP contribution in [0.5, 0.6) is 5.75 Å². The Kier molecular flexibility index (Phi) is 4.19. The van der Waals surface area contributed by atoms with E-state index < -0.39 is 0 Å². The minimum Gasteiger partial charge on any atom is -0.508 e. The summed E-state index contributed by atoms with van der Waals surface area (Å²) in [7, 11) is 0. The number of likely N-dealkylation sites (tertiary alicyclic amines) is 1. The van der Waals surface area contributed by atoms with Gasteiger partial charge in [0, 0.05) is 24.7 Å². The molecular formula is C14H21FN2O. The van der Waals surface area contributed by atoms with E-state index in [1.165, 1.54) is 24.6 Å². The van der Waals surface area contributed by atoms with Crippen molar-refractivity contribution < 1.29 is 9.50 Å². The third kappa shape index (κ3) is 2.82. The third-order valence-corrected chi connectivity index (χ3v) is 3.89. The zero-order valence-corrected chi connectivity index (χ0v) is 10.8. The Morgan fingerprint density at radius 3 is 3.00 bits per heavy atom. The summed E-state index contributed by atoms with van der Waals surface area (Å²) in [5, 5.41) is 9.77. The van der Waals surface area contributed by atoms with Crippen molar-refractivity contribution in [2.24, 2.45) is 11.7 Å². The molecule has 0 aromatic heterocycles.